The predicted octanol–water partition coefficient (Wildman–Crippen LogP) is -1.71. The Bertz CT molecular complexity index is 1250. The van der Waals surface area contributed by atoms with E-state index < -0.39 is 35.5 Å². The number of terminal acetylenes is 2. The van der Waals surface area contributed by atoms with E-state index in [1.54, 1.807) is 0 Å². The van der Waals surface area contributed by atoms with Crippen LogP contribution < -0.4 is 42.5 Å². The summed E-state index contributed by atoms with van der Waals surface area (Å²) in [6.45, 7) is 5.04. The molecule has 0 radical (unpaired) electrons. The first-order valence-corrected chi connectivity index (χ1v) is 16.1. The fourth-order valence-electron chi connectivity index (χ4n) is 4.75. The third-order valence-corrected chi connectivity index (χ3v) is 7.27. The van der Waals surface area contributed by atoms with Crippen LogP contribution in [0.25, 0.3) is 0 Å². The molecule has 0 saturated heterocycles. The number of aromatic nitrogens is 2. The molecule has 4 amide bonds. The van der Waals surface area contributed by atoms with Gasteiger partial charge >= 0.3 is 0 Å². The van der Waals surface area contributed by atoms with Crippen molar-refractivity contribution in [2.24, 2.45) is 11.8 Å². The summed E-state index contributed by atoms with van der Waals surface area (Å²) in [5, 5.41) is 24.1. The van der Waals surface area contributed by atoms with Crippen LogP contribution in [0.15, 0.2) is 36.4 Å². The number of nitrogens with one attached hydrogen (secondary N) is 8. The van der Waals surface area contributed by atoms with Crippen LogP contribution >= 0.6 is 0 Å². The molecule has 3 heterocycles. The number of nitrogens with zero attached hydrogens (tertiary/aromatic N) is 2. The normalized spacial score (nSPS) is 20.5. The number of rotatable bonds is 2. The number of hydrogen-bond acceptors (Lipinski definition) is 10. The lowest BCUT2D eigenvalue weighted by atomic mass is 10.0. The molecule has 8 N–H and O–H groups in total. The zero-order valence-electron chi connectivity index (χ0n) is 27.2. The molecule has 14 heteroatoms. The zero-order chi connectivity index (χ0) is 34.4. The zero-order valence-corrected chi connectivity index (χ0v) is 27.2. The van der Waals surface area contributed by atoms with E-state index in [9.17, 15) is 19.2 Å². The van der Waals surface area contributed by atoms with E-state index in [-0.39, 0.29) is 12.8 Å². The van der Waals surface area contributed by atoms with Crippen molar-refractivity contribution in [2.45, 2.75) is 39.0 Å². The van der Waals surface area contributed by atoms with Crippen LogP contribution in [0, 0.1) is 36.5 Å². The van der Waals surface area contributed by atoms with Gasteiger partial charge in [0.2, 0.25) is 23.6 Å². The van der Waals surface area contributed by atoms with Crippen molar-refractivity contribution < 1.29 is 19.2 Å². The lowest BCUT2D eigenvalue weighted by Gasteiger charge is -2.16. The highest BCUT2D eigenvalue weighted by atomic mass is 16.2. The van der Waals surface area contributed by atoms with Crippen molar-refractivity contribution in [1.82, 2.24) is 52.5 Å². The second-order valence-electron chi connectivity index (χ2n) is 11.0. The van der Waals surface area contributed by atoms with E-state index in [1.807, 2.05) is 36.4 Å². The lowest BCUT2D eigenvalue weighted by molar-refractivity contribution is -0.136. The van der Waals surface area contributed by atoms with Crippen molar-refractivity contribution >= 4 is 23.6 Å². The smallest absolute Gasteiger partial charge is 0.233 e. The maximum atomic E-state index is 12.7. The molecule has 2 aromatic rings. The summed E-state index contributed by atoms with van der Waals surface area (Å²) < 4.78 is 0. The second kappa shape index (κ2) is 21.8. The van der Waals surface area contributed by atoms with Gasteiger partial charge in [0.1, 0.15) is 11.8 Å². The summed E-state index contributed by atoms with van der Waals surface area (Å²) in [4.78, 5) is 60.1. The third-order valence-electron chi connectivity index (χ3n) is 7.27. The average molecular weight is 659 g/mol. The van der Waals surface area contributed by atoms with Crippen LogP contribution in [-0.4, -0.2) is 86.0 Å². The molecule has 0 aromatic carbocycles. The molecule has 4 bridgehead atoms. The minimum absolute atomic E-state index is 0.000949. The van der Waals surface area contributed by atoms with Gasteiger partial charge in [-0.1, -0.05) is 12.1 Å². The molecule has 3 rings (SSSR count). The van der Waals surface area contributed by atoms with Crippen molar-refractivity contribution in [3.8, 4) is 24.7 Å². The molecule has 0 atom stereocenters. The summed E-state index contributed by atoms with van der Waals surface area (Å²) in [7, 11) is 0. The van der Waals surface area contributed by atoms with Crippen molar-refractivity contribution in [3.05, 3.63) is 59.2 Å². The Morgan fingerprint density at radius 1 is 0.500 bits per heavy atom. The topological polar surface area (TPSA) is 190 Å². The number of carbonyl (C=O) groups is 4. The first-order valence-electron chi connectivity index (χ1n) is 16.1. The molecule has 48 heavy (non-hydrogen) atoms. The first-order chi connectivity index (χ1) is 23.4. The van der Waals surface area contributed by atoms with E-state index in [4.69, 9.17) is 12.8 Å². The minimum atomic E-state index is -0.980. The Morgan fingerprint density at radius 3 is 1.02 bits per heavy atom. The van der Waals surface area contributed by atoms with Gasteiger partial charge in [0, 0.05) is 91.4 Å². The van der Waals surface area contributed by atoms with Crippen molar-refractivity contribution in [2.75, 3.05) is 52.4 Å². The largest absolute Gasteiger partial charge is 0.354 e. The van der Waals surface area contributed by atoms with Crippen molar-refractivity contribution in [1.29, 1.82) is 0 Å². The molecule has 14 nitrogen and oxygen atoms in total. The minimum Gasteiger partial charge on any atom is -0.354 e. The Kier molecular flexibility index (Phi) is 17.1. The highest BCUT2D eigenvalue weighted by Crippen LogP contribution is 2.05. The number of pyridine rings is 2. The Balaban J connectivity index is 1.58. The van der Waals surface area contributed by atoms with Crippen LogP contribution in [-0.2, 0) is 45.4 Å². The fourth-order valence-corrected chi connectivity index (χ4v) is 4.75. The highest BCUT2D eigenvalue weighted by molar-refractivity contribution is 6.01. The maximum Gasteiger partial charge on any atom is 0.233 e. The van der Waals surface area contributed by atoms with Gasteiger partial charge in [0.15, 0.2) is 0 Å². The number of carbonyl (C=O) groups excluding carboxylic acids is 4. The summed E-state index contributed by atoms with van der Waals surface area (Å²) in [6, 6.07) is 11.4. The van der Waals surface area contributed by atoms with Crippen LogP contribution in [0.5, 0.6) is 0 Å². The monoisotopic (exact) mass is 658 g/mol. The van der Waals surface area contributed by atoms with E-state index >= 15 is 0 Å². The Morgan fingerprint density at radius 2 is 0.771 bits per heavy atom. The van der Waals surface area contributed by atoms with Crippen molar-refractivity contribution in [3.63, 3.8) is 0 Å². The van der Waals surface area contributed by atoms with Gasteiger partial charge in [-0.2, -0.15) is 0 Å². The first kappa shape index (κ1) is 37.6. The van der Waals surface area contributed by atoms with Gasteiger partial charge in [-0.3, -0.25) is 29.1 Å². The Hall–Kier alpha value is -4.86. The van der Waals surface area contributed by atoms with Crippen LogP contribution in [0.4, 0.5) is 0 Å². The maximum absolute atomic E-state index is 12.7. The van der Waals surface area contributed by atoms with Gasteiger partial charge in [0.05, 0.1) is 22.8 Å². The summed E-state index contributed by atoms with van der Waals surface area (Å²) in [6.07, 6.45) is 10.9. The number of fused-ring (bicyclic) bond motifs is 4. The van der Waals surface area contributed by atoms with E-state index in [1.165, 1.54) is 0 Å². The summed E-state index contributed by atoms with van der Waals surface area (Å²) in [5.74, 6) is 1.21. The second-order valence-corrected chi connectivity index (χ2v) is 11.0. The molecule has 2 aromatic heterocycles. The van der Waals surface area contributed by atoms with Crippen LogP contribution in [0.3, 0.4) is 0 Å². The van der Waals surface area contributed by atoms with E-state index in [0.29, 0.717) is 78.5 Å². The van der Waals surface area contributed by atoms with Crippen LogP contribution in [0.2, 0.25) is 0 Å². The SMILES string of the molecule is C#CCC1C(=O)NCCNCc2cccc(n2)CNCCNC(=O)C(CC#C)C(=O)NCCNCc2cccc(n2)CNCCNC1=O. The van der Waals surface area contributed by atoms with E-state index in [0.717, 1.165) is 22.8 Å². The fraction of sp³-hybridized carbons (Fsp3) is 0.471. The van der Waals surface area contributed by atoms with Gasteiger partial charge in [-0.05, 0) is 24.3 Å². The van der Waals surface area contributed by atoms with Gasteiger partial charge in [-0.15, -0.1) is 24.7 Å². The molecule has 0 unspecified atom stereocenters. The van der Waals surface area contributed by atoms with Gasteiger partial charge < -0.3 is 42.5 Å². The standard InChI is InChI=1S/C34H46N10O4/c1-3-7-29-31(45)39-17-13-35-21-25-9-5-11-27(43-25)23-37-15-19-41-33(47)30(8-4-2)34(48)42-20-16-38-24-28-12-6-10-26(44-28)22-36-14-18-40-32(29)46/h1-2,5-6,9-12,29-30,35-38H,7-8,13-24H2,(H,39,45)(H,40,46)(H,41,47)(H,42,48). The summed E-state index contributed by atoms with van der Waals surface area (Å²) >= 11 is 0. The molecule has 0 saturated carbocycles. The quantitative estimate of drug-likeness (QED) is 0.136. The molecule has 256 valence electrons. The molecule has 0 fully saturated rings. The number of hydrogen-bond donors (Lipinski definition) is 8. The molecule has 0 spiro atoms. The molecule has 1 aliphatic rings. The number of amides is 4. The molecule has 0 aliphatic carbocycles. The molecule has 1 aliphatic heterocycles. The lowest BCUT2D eigenvalue weighted by Crippen LogP contribution is -2.44. The summed E-state index contributed by atoms with van der Waals surface area (Å²) in [5.41, 5.74) is 3.28. The predicted molar refractivity (Wildman–Crippen MR) is 181 cm³/mol. The van der Waals surface area contributed by atoms with Gasteiger partial charge in [0.25, 0.3) is 0 Å². The van der Waals surface area contributed by atoms with E-state index in [2.05, 4.69) is 64.3 Å². The van der Waals surface area contributed by atoms with Gasteiger partial charge in [-0.25, -0.2) is 0 Å². The highest BCUT2D eigenvalue weighted by Gasteiger charge is 2.26. The molecular weight excluding hydrogens is 612 g/mol. The van der Waals surface area contributed by atoms with Crippen LogP contribution in [0.1, 0.15) is 35.6 Å². The Labute approximate surface area is 282 Å². The molecular formula is C34H46N10O4. The third kappa shape index (κ3) is 13.9. The average Bonchev–Trinajstić information content (AvgIpc) is 3.08.